The van der Waals surface area contributed by atoms with Crippen molar-refractivity contribution in [2.24, 2.45) is 0 Å². The number of rotatable bonds is 3. The van der Waals surface area contributed by atoms with E-state index in [4.69, 9.17) is 4.74 Å². The van der Waals surface area contributed by atoms with E-state index in [1.165, 1.54) is 6.33 Å². The number of ether oxygens (including phenoxy) is 1. The molecule has 15 heavy (non-hydrogen) atoms. The Labute approximate surface area is 89.5 Å². The third-order valence-corrected chi connectivity index (χ3v) is 2.39. The predicted molar refractivity (Wildman–Crippen MR) is 58.3 cm³/mol. The van der Waals surface area contributed by atoms with Gasteiger partial charge in [-0.1, -0.05) is 0 Å². The van der Waals surface area contributed by atoms with Crippen LogP contribution in [0.3, 0.4) is 0 Å². The second-order valence-corrected chi connectivity index (χ2v) is 3.84. The Balaban J connectivity index is 2.04. The molecular weight excluding hydrogens is 192 g/mol. The second kappa shape index (κ2) is 4.44. The van der Waals surface area contributed by atoms with Gasteiger partial charge in [-0.15, -0.1) is 0 Å². The molecule has 1 aliphatic heterocycles. The van der Waals surface area contributed by atoms with Gasteiger partial charge in [-0.3, -0.25) is 0 Å². The second-order valence-electron chi connectivity index (χ2n) is 3.84. The molecule has 1 aromatic heterocycles. The quantitative estimate of drug-likeness (QED) is 0.773. The maximum atomic E-state index is 5.73. The van der Waals surface area contributed by atoms with Gasteiger partial charge in [0.25, 0.3) is 0 Å². The Kier molecular flexibility index (Phi) is 3.01. The molecule has 1 N–H and O–H groups in total. The smallest absolute Gasteiger partial charge is 0.218 e. The van der Waals surface area contributed by atoms with Crippen LogP contribution in [0.5, 0.6) is 5.88 Å². The Morgan fingerprint density at radius 2 is 2.33 bits per heavy atom. The van der Waals surface area contributed by atoms with E-state index < -0.39 is 0 Å². The van der Waals surface area contributed by atoms with Crippen molar-refractivity contribution in [2.75, 3.05) is 32.1 Å². The van der Waals surface area contributed by atoms with Crippen LogP contribution >= 0.6 is 0 Å². The molecule has 1 fully saturated rings. The zero-order valence-electron chi connectivity index (χ0n) is 9.10. The number of hydrogen-bond donors (Lipinski definition) is 1. The minimum atomic E-state index is 0.245. The maximum absolute atomic E-state index is 5.73. The fourth-order valence-electron chi connectivity index (χ4n) is 1.54. The van der Waals surface area contributed by atoms with Gasteiger partial charge in [0, 0.05) is 26.7 Å². The van der Waals surface area contributed by atoms with Crippen molar-refractivity contribution in [3.8, 4) is 5.88 Å². The van der Waals surface area contributed by atoms with Crippen molar-refractivity contribution in [2.45, 2.75) is 12.5 Å². The van der Waals surface area contributed by atoms with Crippen molar-refractivity contribution in [1.29, 1.82) is 0 Å². The molecule has 0 saturated carbocycles. The van der Waals surface area contributed by atoms with Crippen LogP contribution in [0.15, 0.2) is 12.4 Å². The van der Waals surface area contributed by atoms with E-state index in [1.807, 2.05) is 25.1 Å². The van der Waals surface area contributed by atoms with Gasteiger partial charge in [-0.25, -0.2) is 9.97 Å². The molecular formula is C10H16N4O. The summed E-state index contributed by atoms with van der Waals surface area (Å²) in [6, 6.07) is 1.86. The van der Waals surface area contributed by atoms with Crippen LogP contribution < -0.4 is 15.0 Å². The van der Waals surface area contributed by atoms with E-state index in [9.17, 15) is 0 Å². The molecule has 82 valence electrons. The van der Waals surface area contributed by atoms with Gasteiger partial charge in [0.1, 0.15) is 18.2 Å². The lowest BCUT2D eigenvalue weighted by Gasteiger charge is -2.14. The molecule has 0 bridgehead atoms. The third-order valence-electron chi connectivity index (χ3n) is 2.39. The van der Waals surface area contributed by atoms with Crippen LogP contribution in [-0.2, 0) is 0 Å². The zero-order chi connectivity index (χ0) is 10.7. The molecule has 0 spiro atoms. The van der Waals surface area contributed by atoms with Gasteiger partial charge < -0.3 is 15.0 Å². The van der Waals surface area contributed by atoms with Crippen LogP contribution in [0.2, 0.25) is 0 Å². The molecule has 0 unspecified atom stereocenters. The predicted octanol–water partition coefficient (Wildman–Crippen LogP) is 0.283. The van der Waals surface area contributed by atoms with E-state index in [0.717, 1.165) is 25.3 Å². The average Bonchev–Trinajstić information content (AvgIpc) is 2.71. The maximum Gasteiger partial charge on any atom is 0.218 e. The summed E-state index contributed by atoms with van der Waals surface area (Å²) in [5.74, 6) is 1.52. The molecule has 5 heteroatoms. The normalized spacial score (nSPS) is 20.3. The number of nitrogens with zero attached hydrogens (tertiary/aromatic N) is 3. The lowest BCUT2D eigenvalue weighted by Crippen LogP contribution is -2.20. The monoisotopic (exact) mass is 208 g/mol. The topological polar surface area (TPSA) is 50.3 Å². The largest absolute Gasteiger partial charge is 0.473 e. The first-order valence-electron chi connectivity index (χ1n) is 5.12. The van der Waals surface area contributed by atoms with Gasteiger partial charge in [0.15, 0.2) is 0 Å². The van der Waals surface area contributed by atoms with E-state index in [2.05, 4.69) is 15.3 Å². The van der Waals surface area contributed by atoms with Gasteiger partial charge >= 0.3 is 0 Å². The highest BCUT2D eigenvalue weighted by molar-refractivity contribution is 5.38. The molecule has 2 heterocycles. The highest BCUT2D eigenvalue weighted by Gasteiger charge is 2.16. The number of anilines is 1. The molecule has 1 atom stereocenters. The number of aromatic nitrogens is 2. The molecule has 0 radical (unpaired) electrons. The van der Waals surface area contributed by atoms with E-state index in [1.54, 1.807) is 0 Å². The summed E-state index contributed by atoms with van der Waals surface area (Å²) >= 11 is 0. The molecule has 0 aromatic carbocycles. The van der Waals surface area contributed by atoms with Crippen molar-refractivity contribution in [3.63, 3.8) is 0 Å². The van der Waals surface area contributed by atoms with Crippen LogP contribution in [0.4, 0.5) is 5.82 Å². The molecule has 1 aromatic rings. The van der Waals surface area contributed by atoms with Crippen LogP contribution in [0, 0.1) is 0 Å². The average molecular weight is 208 g/mol. The fourth-order valence-corrected chi connectivity index (χ4v) is 1.54. The summed E-state index contributed by atoms with van der Waals surface area (Å²) < 4.78 is 5.73. The summed E-state index contributed by atoms with van der Waals surface area (Å²) in [7, 11) is 3.90. The summed E-state index contributed by atoms with van der Waals surface area (Å²) in [6.45, 7) is 1.93. The van der Waals surface area contributed by atoms with Crippen molar-refractivity contribution < 1.29 is 4.74 Å². The fraction of sp³-hybridized carbons (Fsp3) is 0.600. The Morgan fingerprint density at radius 3 is 3.00 bits per heavy atom. The zero-order valence-corrected chi connectivity index (χ0v) is 9.10. The minimum Gasteiger partial charge on any atom is -0.473 e. The third kappa shape index (κ3) is 2.56. The Hall–Kier alpha value is -1.36. The molecule has 1 aliphatic rings. The summed E-state index contributed by atoms with van der Waals surface area (Å²) in [5.41, 5.74) is 0. The number of nitrogens with one attached hydrogen (secondary N) is 1. The number of hydrogen-bond acceptors (Lipinski definition) is 5. The van der Waals surface area contributed by atoms with Gasteiger partial charge in [-0.05, 0) is 13.0 Å². The van der Waals surface area contributed by atoms with Gasteiger partial charge in [0.2, 0.25) is 5.88 Å². The highest BCUT2D eigenvalue weighted by atomic mass is 16.5. The molecule has 0 aliphatic carbocycles. The van der Waals surface area contributed by atoms with Gasteiger partial charge in [-0.2, -0.15) is 0 Å². The summed E-state index contributed by atoms with van der Waals surface area (Å²) in [4.78, 5) is 10.2. The SMILES string of the molecule is CN(C)c1cc(O[C@H]2CCNC2)ncn1. The lowest BCUT2D eigenvalue weighted by atomic mass is 10.3. The van der Waals surface area contributed by atoms with E-state index in [0.29, 0.717) is 5.88 Å². The highest BCUT2D eigenvalue weighted by Crippen LogP contribution is 2.16. The van der Waals surface area contributed by atoms with Crippen molar-refractivity contribution in [1.82, 2.24) is 15.3 Å². The summed E-state index contributed by atoms with van der Waals surface area (Å²) in [6.07, 6.45) is 2.82. The van der Waals surface area contributed by atoms with Crippen LogP contribution in [-0.4, -0.2) is 43.3 Å². The summed E-state index contributed by atoms with van der Waals surface area (Å²) in [5, 5.41) is 3.25. The first-order chi connectivity index (χ1) is 7.25. The first-order valence-corrected chi connectivity index (χ1v) is 5.12. The molecule has 2 rings (SSSR count). The minimum absolute atomic E-state index is 0.245. The van der Waals surface area contributed by atoms with E-state index in [-0.39, 0.29) is 6.10 Å². The van der Waals surface area contributed by atoms with E-state index >= 15 is 0 Å². The van der Waals surface area contributed by atoms with Crippen molar-refractivity contribution >= 4 is 5.82 Å². The first kappa shape index (κ1) is 10.2. The van der Waals surface area contributed by atoms with Crippen LogP contribution in [0.25, 0.3) is 0 Å². The molecule has 5 nitrogen and oxygen atoms in total. The lowest BCUT2D eigenvalue weighted by molar-refractivity contribution is 0.214. The molecule has 1 saturated heterocycles. The molecule has 0 amide bonds. The Bertz CT molecular complexity index is 323. The Morgan fingerprint density at radius 1 is 1.47 bits per heavy atom. The van der Waals surface area contributed by atoms with Crippen LogP contribution in [0.1, 0.15) is 6.42 Å². The van der Waals surface area contributed by atoms with Crippen molar-refractivity contribution in [3.05, 3.63) is 12.4 Å². The van der Waals surface area contributed by atoms with Gasteiger partial charge in [0.05, 0.1) is 0 Å². The standard InChI is InChI=1S/C10H16N4O/c1-14(2)9-5-10(13-7-12-9)15-8-3-4-11-6-8/h5,7-8,11H,3-4,6H2,1-2H3/t8-/m0/s1.